The van der Waals surface area contributed by atoms with Gasteiger partial charge in [0, 0.05) is 17.9 Å². The minimum Gasteiger partial charge on any atom is -0.481 e. The van der Waals surface area contributed by atoms with Gasteiger partial charge in [0.2, 0.25) is 10.0 Å². The van der Waals surface area contributed by atoms with Crippen LogP contribution in [0.3, 0.4) is 0 Å². The molecular formula is C24H33NO4S. The van der Waals surface area contributed by atoms with E-state index in [9.17, 15) is 13.2 Å². The molecule has 1 aromatic carbocycles. The molecule has 4 rings (SSSR count). The maximum atomic E-state index is 12.7. The van der Waals surface area contributed by atoms with Crippen molar-refractivity contribution in [2.45, 2.75) is 58.4 Å². The van der Waals surface area contributed by atoms with E-state index >= 15 is 0 Å². The monoisotopic (exact) mass is 431 g/mol. The molecule has 1 aromatic rings. The topological polar surface area (TPSA) is 83.5 Å². The van der Waals surface area contributed by atoms with Gasteiger partial charge >= 0.3 is 5.97 Å². The van der Waals surface area contributed by atoms with E-state index in [-0.39, 0.29) is 23.8 Å². The molecule has 4 unspecified atom stereocenters. The molecule has 3 fully saturated rings. The molecule has 30 heavy (non-hydrogen) atoms. The van der Waals surface area contributed by atoms with Crippen molar-refractivity contribution in [1.29, 1.82) is 0 Å². The van der Waals surface area contributed by atoms with Crippen LogP contribution in [0.5, 0.6) is 0 Å². The van der Waals surface area contributed by atoms with Crippen LogP contribution in [0.4, 0.5) is 0 Å². The second-order valence-electron chi connectivity index (χ2n) is 9.24. The quantitative estimate of drug-likeness (QED) is 0.411. The van der Waals surface area contributed by atoms with Crippen molar-refractivity contribution >= 4 is 22.1 Å². The van der Waals surface area contributed by atoms with Gasteiger partial charge in [-0.15, -0.1) is 0 Å². The summed E-state index contributed by atoms with van der Waals surface area (Å²) >= 11 is 0. The van der Waals surface area contributed by atoms with E-state index in [2.05, 4.69) is 24.6 Å². The fraction of sp³-hybridized carbons (Fsp3) is 0.542. The third-order valence-corrected chi connectivity index (χ3v) is 8.14. The highest BCUT2D eigenvalue weighted by atomic mass is 32.2. The van der Waals surface area contributed by atoms with Crippen LogP contribution in [-0.2, 0) is 14.8 Å². The summed E-state index contributed by atoms with van der Waals surface area (Å²) in [6, 6.07) is 9.37. The molecular weight excluding hydrogens is 398 g/mol. The molecule has 0 amide bonds. The summed E-state index contributed by atoms with van der Waals surface area (Å²) in [7, 11) is -3.52. The smallest absolute Gasteiger partial charge is 0.303 e. The number of hydrogen-bond acceptors (Lipinski definition) is 3. The molecule has 3 aliphatic carbocycles. The van der Waals surface area contributed by atoms with Gasteiger partial charge in [-0.3, -0.25) is 4.79 Å². The van der Waals surface area contributed by atoms with Crippen molar-refractivity contribution in [3.8, 4) is 0 Å². The first kappa shape index (κ1) is 22.8. The largest absolute Gasteiger partial charge is 0.481 e. The highest BCUT2D eigenvalue weighted by molar-refractivity contribution is 7.92. The summed E-state index contributed by atoms with van der Waals surface area (Å²) in [6.45, 7) is 4.60. The van der Waals surface area contributed by atoms with E-state index in [4.69, 9.17) is 5.11 Å². The molecule has 0 radical (unpaired) electrons. The molecule has 4 atom stereocenters. The molecule has 2 N–H and O–H groups in total. The predicted molar refractivity (Wildman–Crippen MR) is 120 cm³/mol. The Morgan fingerprint density at radius 1 is 1.20 bits per heavy atom. The van der Waals surface area contributed by atoms with E-state index in [1.807, 2.05) is 36.4 Å². The second kappa shape index (κ2) is 9.48. The van der Waals surface area contributed by atoms with Crippen molar-refractivity contribution < 1.29 is 18.3 Å². The Balaban J connectivity index is 1.63. The highest BCUT2D eigenvalue weighted by Gasteiger charge is 2.57. The lowest BCUT2D eigenvalue weighted by atomic mass is 9.44. The van der Waals surface area contributed by atoms with E-state index in [1.165, 1.54) is 11.8 Å². The number of carboxylic acid groups (broad SMARTS) is 1. The molecule has 6 heteroatoms. The van der Waals surface area contributed by atoms with Gasteiger partial charge in [0.25, 0.3) is 0 Å². The zero-order valence-electron chi connectivity index (χ0n) is 17.8. The Bertz CT molecular complexity index is 889. The van der Waals surface area contributed by atoms with Gasteiger partial charge in [0.1, 0.15) is 0 Å². The lowest BCUT2D eigenvalue weighted by Gasteiger charge is -2.62. The number of carboxylic acids is 1. The molecule has 164 valence electrons. The molecule has 2 bridgehead atoms. The van der Waals surface area contributed by atoms with Crippen molar-refractivity contribution in [3.05, 3.63) is 53.5 Å². The summed E-state index contributed by atoms with van der Waals surface area (Å²) < 4.78 is 28.4. The molecule has 3 saturated carbocycles. The fourth-order valence-corrected chi connectivity index (χ4v) is 6.24. The Hall–Kier alpha value is -1.92. The molecule has 0 saturated heterocycles. The maximum absolute atomic E-state index is 12.7. The van der Waals surface area contributed by atoms with Gasteiger partial charge in [-0.25, -0.2) is 13.1 Å². The van der Waals surface area contributed by atoms with Crippen LogP contribution in [0.15, 0.2) is 47.9 Å². The van der Waals surface area contributed by atoms with Crippen molar-refractivity contribution in [1.82, 2.24) is 4.72 Å². The number of carbonyl (C=O) groups is 1. The van der Waals surface area contributed by atoms with Crippen LogP contribution in [-0.4, -0.2) is 25.5 Å². The third kappa shape index (κ3) is 5.61. The predicted octanol–water partition coefficient (Wildman–Crippen LogP) is 4.83. The molecule has 0 aromatic heterocycles. The van der Waals surface area contributed by atoms with Gasteiger partial charge in [-0.1, -0.05) is 56.3 Å². The zero-order chi connectivity index (χ0) is 21.8. The maximum Gasteiger partial charge on any atom is 0.303 e. The standard InChI is InChI=1S/C24H33NO4S/c1-24(2)19-16-21(24)20(12-8-3-4-9-13-23(26)27)22(17-19)25-30(28,29)15-14-18-10-6-5-7-11-18/h3,5-8,10-11,14-15,19-22,25H,4,9,12-13,16-17H2,1-2H3,(H,26,27)/b8-3-,15-14+. The Morgan fingerprint density at radius 3 is 2.60 bits per heavy atom. The normalized spacial score (nSPS) is 27.9. The van der Waals surface area contributed by atoms with E-state index in [0.717, 1.165) is 24.8 Å². The number of nitrogens with one attached hydrogen (secondary N) is 1. The number of hydrogen-bond donors (Lipinski definition) is 2. The first-order valence-electron chi connectivity index (χ1n) is 10.8. The summed E-state index contributed by atoms with van der Waals surface area (Å²) in [4.78, 5) is 10.6. The van der Waals surface area contributed by atoms with E-state index in [1.54, 1.807) is 6.08 Å². The summed E-state index contributed by atoms with van der Waals surface area (Å²) in [5.41, 5.74) is 1.11. The number of fused-ring (bicyclic) bond motifs is 2. The van der Waals surface area contributed by atoms with Crippen molar-refractivity contribution in [2.75, 3.05) is 0 Å². The number of sulfonamides is 1. The van der Waals surface area contributed by atoms with Gasteiger partial charge in [0.15, 0.2) is 0 Å². The van der Waals surface area contributed by atoms with E-state index in [0.29, 0.717) is 18.3 Å². The van der Waals surface area contributed by atoms with Gasteiger partial charge in [0.05, 0.1) is 0 Å². The minimum atomic E-state index is -3.52. The number of unbranched alkanes of at least 4 members (excludes halogenated alkanes) is 1. The summed E-state index contributed by atoms with van der Waals surface area (Å²) in [5, 5.41) is 10.0. The molecule has 0 spiro atoms. The third-order valence-electron chi connectivity index (χ3n) is 7.01. The Morgan fingerprint density at radius 2 is 1.93 bits per heavy atom. The lowest BCUT2D eigenvalue weighted by Crippen LogP contribution is -2.61. The van der Waals surface area contributed by atoms with Gasteiger partial charge in [-0.05, 0) is 66.9 Å². The average Bonchev–Trinajstić information content (AvgIpc) is 2.70. The lowest BCUT2D eigenvalue weighted by molar-refractivity contribution is -0.137. The summed E-state index contributed by atoms with van der Waals surface area (Å²) in [6.07, 6.45) is 10.2. The second-order valence-corrected chi connectivity index (χ2v) is 10.8. The van der Waals surface area contributed by atoms with Crippen LogP contribution in [0.25, 0.3) is 6.08 Å². The van der Waals surface area contributed by atoms with Gasteiger partial charge in [-0.2, -0.15) is 0 Å². The first-order valence-corrected chi connectivity index (χ1v) is 12.4. The summed E-state index contributed by atoms with van der Waals surface area (Å²) in [5.74, 6) is 0.561. The van der Waals surface area contributed by atoms with E-state index < -0.39 is 16.0 Å². The highest BCUT2D eigenvalue weighted by Crippen LogP contribution is 2.62. The molecule has 5 nitrogen and oxygen atoms in total. The number of benzene rings is 1. The number of aliphatic carboxylic acids is 1. The Kier molecular flexibility index (Phi) is 7.19. The molecule has 0 aliphatic heterocycles. The zero-order valence-corrected chi connectivity index (χ0v) is 18.6. The number of rotatable bonds is 10. The first-order chi connectivity index (χ1) is 14.2. The van der Waals surface area contributed by atoms with Crippen LogP contribution in [0.1, 0.15) is 57.9 Å². The van der Waals surface area contributed by atoms with Crippen molar-refractivity contribution in [3.63, 3.8) is 0 Å². The Labute approximate surface area is 180 Å². The minimum absolute atomic E-state index is 0.0594. The van der Waals surface area contributed by atoms with Crippen LogP contribution < -0.4 is 4.72 Å². The molecule has 0 heterocycles. The molecule has 3 aliphatic rings. The SMILES string of the molecule is CC1(C)C2CC(NS(=O)(=O)/C=C/c3ccccc3)C(C/C=C\CCCC(=O)O)C1C2. The van der Waals surface area contributed by atoms with Crippen LogP contribution >= 0.6 is 0 Å². The van der Waals surface area contributed by atoms with Gasteiger partial charge < -0.3 is 5.11 Å². The van der Waals surface area contributed by atoms with Crippen molar-refractivity contribution in [2.24, 2.45) is 23.2 Å². The average molecular weight is 432 g/mol. The fourth-order valence-electron chi connectivity index (χ4n) is 5.13. The number of allylic oxidation sites excluding steroid dienone is 2. The van der Waals surface area contributed by atoms with Crippen LogP contribution in [0.2, 0.25) is 0 Å². The van der Waals surface area contributed by atoms with Crippen LogP contribution in [0, 0.1) is 23.2 Å².